The van der Waals surface area contributed by atoms with Crippen molar-refractivity contribution in [3.63, 3.8) is 0 Å². The molecule has 1 unspecified atom stereocenters. The number of hydrogen-bond acceptors (Lipinski definition) is 8. The largest absolute Gasteiger partial charge is 0.461 e. The second kappa shape index (κ2) is 11.7. The van der Waals surface area contributed by atoms with Gasteiger partial charge in [0.1, 0.15) is 23.6 Å². The third-order valence-corrected chi connectivity index (χ3v) is 10.7. The zero-order valence-electron chi connectivity index (χ0n) is 27.0. The Balaban J connectivity index is 1.32. The predicted molar refractivity (Wildman–Crippen MR) is 181 cm³/mol. The van der Waals surface area contributed by atoms with Gasteiger partial charge in [-0.2, -0.15) is 9.97 Å². The van der Waals surface area contributed by atoms with Crippen LogP contribution in [0.4, 0.5) is 15.0 Å². The monoisotopic (exact) mass is 636 g/mol. The maximum Gasteiger partial charge on any atom is 0.407 e. The number of fused-ring (bicyclic) bond motifs is 7. The van der Waals surface area contributed by atoms with Crippen LogP contribution in [0.15, 0.2) is 43.1 Å². The lowest BCUT2D eigenvalue weighted by molar-refractivity contribution is 0.107. The Morgan fingerprint density at radius 1 is 1.11 bits per heavy atom. The van der Waals surface area contributed by atoms with E-state index < -0.39 is 17.4 Å². The number of hydrogen-bond donors (Lipinski definition) is 1. The van der Waals surface area contributed by atoms with E-state index in [4.69, 9.17) is 24.4 Å². The molecule has 7 heterocycles. The Morgan fingerprint density at radius 2 is 1.94 bits per heavy atom. The molecule has 6 bridgehead atoms. The van der Waals surface area contributed by atoms with E-state index >= 15 is 4.39 Å². The van der Waals surface area contributed by atoms with Crippen LogP contribution in [-0.4, -0.2) is 76.4 Å². The molecule has 1 amide bonds. The molecule has 10 heteroatoms. The minimum absolute atomic E-state index is 0.0128. The molecule has 244 valence electrons. The number of alkyl carbamates (subject to hydrolysis) is 1. The van der Waals surface area contributed by atoms with Crippen LogP contribution in [0.5, 0.6) is 6.01 Å². The Hall–Kier alpha value is -4.31. The van der Waals surface area contributed by atoms with Gasteiger partial charge in [-0.1, -0.05) is 30.9 Å². The molecule has 5 aliphatic rings. The number of amides is 1. The normalized spacial score (nSPS) is 22.7. The van der Waals surface area contributed by atoms with Crippen molar-refractivity contribution in [1.82, 2.24) is 25.2 Å². The van der Waals surface area contributed by atoms with E-state index in [1.54, 1.807) is 12.3 Å². The van der Waals surface area contributed by atoms with Gasteiger partial charge in [-0.15, -0.1) is 0 Å². The molecular weight excluding hydrogens is 595 g/mol. The summed E-state index contributed by atoms with van der Waals surface area (Å²) in [4.78, 5) is 32.1. The van der Waals surface area contributed by atoms with Gasteiger partial charge in [-0.25, -0.2) is 9.18 Å². The van der Waals surface area contributed by atoms with Gasteiger partial charge in [0.15, 0.2) is 5.82 Å². The summed E-state index contributed by atoms with van der Waals surface area (Å²) in [5.41, 5.74) is 2.40. The Kier molecular flexibility index (Phi) is 7.50. The number of nitrogens with one attached hydrogen (secondary N) is 1. The molecule has 47 heavy (non-hydrogen) atoms. The van der Waals surface area contributed by atoms with Crippen molar-refractivity contribution in [3.8, 4) is 17.3 Å². The summed E-state index contributed by atoms with van der Waals surface area (Å²) in [6.07, 6.45) is 10.4. The van der Waals surface area contributed by atoms with Gasteiger partial charge in [0.2, 0.25) is 0 Å². The molecule has 0 aliphatic carbocycles. The van der Waals surface area contributed by atoms with Crippen LogP contribution in [0.3, 0.4) is 0 Å². The first-order valence-electron chi connectivity index (χ1n) is 17.0. The van der Waals surface area contributed by atoms with E-state index in [9.17, 15) is 4.79 Å². The topological polar surface area (TPSA) is 92.7 Å². The molecule has 2 aromatic heterocycles. The third kappa shape index (κ3) is 5.36. The number of nitrogens with zero attached hydrogens (tertiary/aromatic N) is 5. The zero-order chi connectivity index (χ0) is 32.2. The van der Waals surface area contributed by atoms with Crippen LogP contribution in [0.2, 0.25) is 0 Å². The lowest BCUT2D eigenvalue weighted by atomic mass is 9.91. The first-order valence-corrected chi connectivity index (χ1v) is 17.0. The van der Waals surface area contributed by atoms with Gasteiger partial charge in [-0.05, 0) is 105 Å². The summed E-state index contributed by atoms with van der Waals surface area (Å²) in [6.45, 7) is 10.1. The fourth-order valence-corrected chi connectivity index (χ4v) is 8.45. The Labute approximate surface area is 274 Å². The summed E-state index contributed by atoms with van der Waals surface area (Å²) < 4.78 is 29.2. The van der Waals surface area contributed by atoms with E-state index in [0.29, 0.717) is 49.3 Å². The molecular formula is C37H41FN6O3. The number of ether oxygens (including phenoxy) is 2. The SMILES string of the molecule is C=Cc1cc2c3c(cccc3c1)CCCOC(=O)NC1(C)CCCN(C1)c1nc(OCC34CCCN3CCC4)nc3c(F)c-2ncc13. The van der Waals surface area contributed by atoms with E-state index in [0.717, 1.165) is 73.5 Å². The molecule has 0 spiro atoms. The lowest BCUT2D eigenvalue weighted by Gasteiger charge is -2.41. The number of rotatable bonds is 4. The van der Waals surface area contributed by atoms with Crippen LogP contribution in [0.25, 0.3) is 39.0 Å². The van der Waals surface area contributed by atoms with Crippen molar-refractivity contribution < 1.29 is 18.7 Å². The molecule has 0 saturated carbocycles. The minimum Gasteiger partial charge on any atom is -0.461 e. The number of aryl methyl sites for hydroxylation is 1. The molecule has 0 radical (unpaired) electrons. The number of carbonyl (C=O) groups excluding carboxylic acids is 1. The highest BCUT2D eigenvalue weighted by molar-refractivity contribution is 6.02. The first-order chi connectivity index (χ1) is 22.8. The first kappa shape index (κ1) is 30.1. The summed E-state index contributed by atoms with van der Waals surface area (Å²) >= 11 is 0. The third-order valence-electron chi connectivity index (χ3n) is 10.7. The molecule has 1 atom stereocenters. The quantitative estimate of drug-likeness (QED) is 0.266. The van der Waals surface area contributed by atoms with Crippen LogP contribution in [0.1, 0.15) is 63.0 Å². The molecule has 4 aromatic rings. The summed E-state index contributed by atoms with van der Waals surface area (Å²) in [6, 6.07) is 10.2. The van der Waals surface area contributed by atoms with E-state index in [1.807, 2.05) is 31.2 Å². The fraction of sp³-hybridized carbons (Fsp3) is 0.459. The molecule has 9 nitrogen and oxygen atoms in total. The van der Waals surface area contributed by atoms with Crippen molar-refractivity contribution in [2.24, 2.45) is 0 Å². The highest BCUT2D eigenvalue weighted by Gasteiger charge is 2.45. The zero-order valence-corrected chi connectivity index (χ0v) is 27.0. The van der Waals surface area contributed by atoms with Crippen molar-refractivity contribution in [3.05, 3.63) is 60.1 Å². The summed E-state index contributed by atoms with van der Waals surface area (Å²) in [7, 11) is 0. The lowest BCUT2D eigenvalue weighted by Crippen LogP contribution is -2.57. The Morgan fingerprint density at radius 3 is 2.77 bits per heavy atom. The molecule has 3 saturated heterocycles. The average molecular weight is 637 g/mol. The smallest absolute Gasteiger partial charge is 0.407 e. The van der Waals surface area contributed by atoms with Crippen LogP contribution in [0, 0.1) is 5.82 Å². The number of pyridine rings is 1. The van der Waals surface area contributed by atoms with Gasteiger partial charge >= 0.3 is 12.1 Å². The van der Waals surface area contributed by atoms with Crippen molar-refractivity contribution >= 4 is 39.7 Å². The number of piperidine rings is 1. The van der Waals surface area contributed by atoms with Gasteiger partial charge in [0.25, 0.3) is 0 Å². The van der Waals surface area contributed by atoms with Gasteiger partial charge in [0, 0.05) is 24.8 Å². The number of benzene rings is 2. The van der Waals surface area contributed by atoms with E-state index in [1.165, 1.54) is 0 Å². The molecule has 9 rings (SSSR count). The highest BCUT2D eigenvalue weighted by Crippen LogP contribution is 2.41. The van der Waals surface area contributed by atoms with Gasteiger partial charge in [-0.3, -0.25) is 9.88 Å². The molecule has 5 aliphatic heterocycles. The van der Waals surface area contributed by atoms with Gasteiger partial charge in [0.05, 0.1) is 23.1 Å². The minimum atomic E-state index is -0.566. The number of carbonyl (C=O) groups is 1. The Bertz CT molecular complexity index is 1890. The second-order valence-electron chi connectivity index (χ2n) is 14.0. The highest BCUT2D eigenvalue weighted by atomic mass is 19.1. The number of halogens is 1. The van der Waals surface area contributed by atoms with Crippen molar-refractivity contribution in [1.29, 1.82) is 0 Å². The summed E-state index contributed by atoms with van der Waals surface area (Å²) in [5, 5.41) is 5.51. The average Bonchev–Trinajstić information content (AvgIpc) is 3.65. The van der Waals surface area contributed by atoms with Gasteiger partial charge < -0.3 is 19.7 Å². The standard InChI is InChI=1S/C37H41FN6O3/c1-3-24-19-26-10-4-9-25-11-5-18-46-35(45)42-36(2)12-6-15-43(22-36)33-28-21-39-31(27(20-24)29(25)26)30(38)32(28)40-34(41-33)47-23-37-13-7-16-44(37)17-8-14-37/h3-4,9-10,19-21H,1,5-8,11-18,22-23H2,2H3,(H,42,45). The van der Waals surface area contributed by atoms with Crippen molar-refractivity contribution in [2.45, 2.75) is 69.4 Å². The predicted octanol–water partition coefficient (Wildman–Crippen LogP) is 6.67. The van der Waals surface area contributed by atoms with Crippen LogP contribution >= 0.6 is 0 Å². The fourth-order valence-electron chi connectivity index (χ4n) is 8.45. The molecule has 1 N–H and O–H groups in total. The van der Waals surface area contributed by atoms with Crippen molar-refractivity contribution in [2.75, 3.05) is 44.3 Å². The van der Waals surface area contributed by atoms with E-state index in [2.05, 4.69) is 27.8 Å². The molecule has 2 aromatic carbocycles. The second-order valence-corrected chi connectivity index (χ2v) is 14.0. The maximum atomic E-state index is 17.1. The van der Waals surface area contributed by atoms with Crippen LogP contribution < -0.4 is 15.0 Å². The maximum absolute atomic E-state index is 17.1. The van der Waals surface area contributed by atoms with Crippen LogP contribution in [-0.2, 0) is 11.2 Å². The number of anilines is 1. The van der Waals surface area contributed by atoms with E-state index in [-0.39, 0.29) is 29.4 Å². The summed E-state index contributed by atoms with van der Waals surface area (Å²) in [5.74, 6) is 0.0570. The number of aromatic nitrogens is 3. The molecule has 3 fully saturated rings.